The van der Waals surface area contributed by atoms with Gasteiger partial charge >= 0.3 is 0 Å². The quantitative estimate of drug-likeness (QED) is 0.773. The van der Waals surface area contributed by atoms with Crippen LogP contribution in [0, 0.1) is 11.6 Å². The van der Waals surface area contributed by atoms with Gasteiger partial charge in [-0.25, -0.2) is 13.8 Å². The Morgan fingerprint density at radius 1 is 1.13 bits per heavy atom. The highest BCUT2D eigenvalue weighted by Gasteiger charge is 2.43. The van der Waals surface area contributed by atoms with Crippen LogP contribution in [0.25, 0.3) is 0 Å². The van der Waals surface area contributed by atoms with Gasteiger partial charge in [0.05, 0.1) is 6.20 Å². The van der Waals surface area contributed by atoms with Crippen molar-refractivity contribution in [3.05, 3.63) is 53.7 Å². The summed E-state index contributed by atoms with van der Waals surface area (Å²) in [7, 11) is 0. The summed E-state index contributed by atoms with van der Waals surface area (Å²) >= 11 is 0. The molecule has 0 aliphatic carbocycles. The summed E-state index contributed by atoms with van der Waals surface area (Å²) in [6.07, 6.45) is 4.06. The molecule has 2 amide bonds. The number of halogens is 2. The number of piperidine rings is 1. The third-order valence-electron chi connectivity index (χ3n) is 5.66. The fraction of sp³-hybridized carbons (Fsp3) is 0.381. The molecule has 1 unspecified atom stereocenters. The molecule has 3 heterocycles. The van der Waals surface area contributed by atoms with E-state index in [4.69, 9.17) is 4.74 Å². The van der Waals surface area contributed by atoms with Gasteiger partial charge in [0.15, 0.2) is 6.54 Å². The van der Waals surface area contributed by atoms with Gasteiger partial charge in [0.2, 0.25) is 5.88 Å². The van der Waals surface area contributed by atoms with Gasteiger partial charge in [0.25, 0.3) is 11.8 Å². The molecule has 2 fully saturated rings. The van der Waals surface area contributed by atoms with E-state index < -0.39 is 17.5 Å². The number of fused-ring (bicyclic) bond motifs is 2. The molecule has 0 spiro atoms. The van der Waals surface area contributed by atoms with E-state index in [0.717, 1.165) is 25.1 Å². The second kappa shape index (κ2) is 8.35. The van der Waals surface area contributed by atoms with E-state index in [1.54, 1.807) is 0 Å². The maximum absolute atomic E-state index is 13.8. The SMILES string of the molecule is [NH3+]CC(=O)N1[C@@H]2CC[C@H]1CC(NC(=O)c1cc(F)cnc1Oc1ccc(F)cc1)C2. The van der Waals surface area contributed by atoms with Crippen LogP contribution in [0.4, 0.5) is 8.78 Å². The second-order valence-electron chi connectivity index (χ2n) is 7.64. The van der Waals surface area contributed by atoms with Crippen molar-refractivity contribution in [2.24, 2.45) is 0 Å². The standard InChI is InChI=1S/C21H22F2N4O3/c22-12-1-5-17(6-2-12)30-21-18(7-13(23)11-25-21)20(29)26-14-8-15-3-4-16(9-14)27(15)19(28)10-24/h1-2,5-7,11,14-16H,3-4,8-10,24H2,(H,26,29)/p+1/t14?,15-,16+. The summed E-state index contributed by atoms with van der Waals surface area (Å²) in [5.41, 5.74) is 3.64. The molecule has 4 rings (SSSR count). The first-order valence-corrected chi connectivity index (χ1v) is 9.95. The van der Waals surface area contributed by atoms with Gasteiger partial charge in [0, 0.05) is 18.1 Å². The van der Waals surface area contributed by atoms with Gasteiger partial charge in [-0.3, -0.25) is 9.59 Å². The van der Waals surface area contributed by atoms with Crippen molar-refractivity contribution in [3.63, 3.8) is 0 Å². The molecule has 2 bridgehead atoms. The molecule has 2 aliphatic rings. The Morgan fingerprint density at radius 2 is 1.80 bits per heavy atom. The van der Waals surface area contributed by atoms with Gasteiger partial charge in [-0.2, -0.15) is 0 Å². The van der Waals surface area contributed by atoms with Gasteiger partial charge < -0.3 is 20.7 Å². The Hall–Kier alpha value is -3.07. The Bertz CT molecular complexity index is 940. The van der Waals surface area contributed by atoms with Gasteiger partial charge in [-0.05, 0) is 56.0 Å². The molecule has 0 saturated carbocycles. The summed E-state index contributed by atoms with van der Waals surface area (Å²) in [5, 5.41) is 2.94. The Labute approximate surface area is 172 Å². The van der Waals surface area contributed by atoms with Crippen molar-refractivity contribution >= 4 is 11.8 Å². The first-order chi connectivity index (χ1) is 14.4. The molecule has 1 aromatic carbocycles. The van der Waals surface area contributed by atoms with E-state index in [2.05, 4.69) is 16.0 Å². The highest BCUT2D eigenvalue weighted by Crippen LogP contribution is 2.36. The minimum atomic E-state index is -0.664. The van der Waals surface area contributed by atoms with Gasteiger partial charge in [-0.1, -0.05) is 0 Å². The number of hydrogen-bond donors (Lipinski definition) is 2. The lowest BCUT2D eigenvalue weighted by Gasteiger charge is -2.38. The Kier molecular flexibility index (Phi) is 5.63. The van der Waals surface area contributed by atoms with Crippen LogP contribution >= 0.6 is 0 Å². The molecule has 9 heteroatoms. The zero-order valence-corrected chi connectivity index (χ0v) is 16.3. The van der Waals surface area contributed by atoms with Crippen molar-refractivity contribution in [3.8, 4) is 11.6 Å². The molecular formula is C21H23F2N4O3+. The van der Waals surface area contributed by atoms with Gasteiger partial charge in [-0.15, -0.1) is 0 Å². The summed E-state index contributed by atoms with van der Waals surface area (Å²) < 4.78 is 32.5. The van der Waals surface area contributed by atoms with Crippen LogP contribution < -0.4 is 15.8 Å². The molecule has 2 saturated heterocycles. The number of nitrogens with one attached hydrogen (secondary N) is 1. The molecule has 158 valence electrons. The monoisotopic (exact) mass is 417 g/mol. The first kappa shape index (κ1) is 20.2. The average Bonchev–Trinajstić information content (AvgIpc) is 3.00. The minimum absolute atomic E-state index is 0.0385. The number of ether oxygens (including phenoxy) is 1. The van der Waals surface area contributed by atoms with Crippen molar-refractivity contribution in [1.29, 1.82) is 0 Å². The lowest BCUT2D eigenvalue weighted by molar-refractivity contribution is -0.357. The zero-order chi connectivity index (χ0) is 21.3. The number of amides is 2. The topological polar surface area (TPSA) is 99.2 Å². The van der Waals surface area contributed by atoms with Crippen LogP contribution in [0.1, 0.15) is 36.0 Å². The smallest absolute Gasteiger partial charge is 0.278 e. The second-order valence-corrected chi connectivity index (χ2v) is 7.64. The number of pyridine rings is 1. The van der Waals surface area contributed by atoms with Crippen molar-refractivity contribution in [2.75, 3.05) is 6.54 Å². The van der Waals surface area contributed by atoms with Crippen LogP contribution in [0.3, 0.4) is 0 Å². The number of carbonyl (C=O) groups excluding carboxylic acids is 2. The van der Waals surface area contributed by atoms with E-state index in [1.807, 2.05) is 4.90 Å². The van der Waals surface area contributed by atoms with Crippen LogP contribution in [0.15, 0.2) is 36.5 Å². The van der Waals surface area contributed by atoms with Crippen molar-refractivity contribution < 1.29 is 28.8 Å². The van der Waals surface area contributed by atoms with E-state index in [1.165, 1.54) is 24.3 Å². The number of quaternary nitrogens is 1. The number of benzene rings is 1. The molecule has 3 atom stereocenters. The number of carbonyl (C=O) groups is 2. The Balaban J connectivity index is 1.48. The first-order valence-electron chi connectivity index (χ1n) is 9.95. The highest BCUT2D eigenvalue weighted by molar-refractivity contribution is 5.96. The number of aromatic nitrogens is 1. The Morgan fingerprint density at radius 3 is 2.43 bits per heavy atom. The molecule has 0 radical (unpaired) electrons. The average molecular weight is 417 g/mol. The minimum Gasteiger partial charge on any atom is -0.438 e. The number of nitrogens with zero attached hydrogens (tertiary/aromatic N) is 2. The zero-order valence-electron chi connectivity index (χ0n) is 16.3. The molecule has 2 aliphatic heterocycles. The molecule has 4 N–H and O–H groups in total. The van der Waals surface area contributed by atoms with Crippen LogP contribution in [-0.4, -0.2) is 46.4 Å². The van der Waals surface area contributed by atoms with E-state index in [0.29, 0.717) is 12.8 Å². The van der Waals surface area contributed by atoms with Crippen LogP contribution in [0.2, 0.25) is 0 Å². The third-order valence-corrected chi connectivity index (χ3v) is 5.66. The summed E-state index contributed by atoms with van der Waals surface area (Å²) in [6.45, 7) is 0.225. The van der Waals surface area contributed by atoms with Crippen molar-refractivity contribution in [1.82, 2.24) is 15.2 Å². The van der Waals surface area contributed by atoms with E-state index in [9.17, 15) is 18.4 Å². The molecular weight excluding hydrogens is 394 g/mol. The fourth-order valence-electron chi connectivity index (χ4n) is 4.38. The predicted octanol–water partition coefficient (Wildman–Crippen LogP) is 1.65. The predicted molar refractivity (Wildman–Crippen MR) is 103 cm³/mol. The lowest BCUT2D eigenvalue weighted by Crippen LogP contribution is -2.62. The summed E-state index contributed by atoms with van der Waals surface area (Å²) in [4.78, 5) is 30.8. The number of hydrogen-bond acceptors (Lipinski definition) is 4. The maximum Gasteiger partial charge on any atom is 0.278 e. The largest absolute Gasteiger partial charge is 0.438 e. The van der Waals surface area contributed by atoms with Gasteiger partial charge in [0.1, 0.15) is 22.9 Å². The number of rotatable bonds is 5. The van der Waals surface area contributed by atoms with E-state index in [-0.39, 0.29) is 47.8 Å². The normalized spacial score (nSPS) is 22.6. The molecule has 2 aromatic rings. The fourth-order valence-corrected chi connectivity index (χ4v) is 4.38. The molecule has 7 nitrogen and oxygen atoms in total. The molecule has 1 aromatic heterocycles. The van der Waals surface area contributed by atoms with E-state index >= 15 is 0 Å². The maximum atomic E-state index is 13.8. The van der Waals surface area contributed by atoms with Crippen LogP contribution in [-0.2, 0) is 4.79 Å². The highest BCUT2D eigenvalue weighted by atomic mass is 19.1. The van der Waals surface area contributed by atoms with Crippen LogP contribution in [0.5, 0.6) is 11.6 Å². The summed E-state index contributed by atoms with van der Waals surface area (Å²) in [5.74, 6) is -1.33. The summed E-state index contributed by atoms with van der Waals surface area (Å²) in [6, 6.07) is 6.34. The molecule has 30 heavy (non-hydrogen) atoms. The van der Waals surface area contributed by atoms with Crippen molar-refractivity contribution in [2.45, 2.75) is 43.8 Å². The third kappa shape index (κ3) is 4.11. The lowest BCUT2D eigenvalue weighted by atomic mass is 9.96.